The quantitative estimate of drug-likeness (QED) is 0.864. The predicted molar refractivity (Wildman–Crippen MR) is 103 cm³/mol. The van der Waals surface area contributed by atoms with Crippen LogP contribution >= 0.6 is 12.4 Å². The Hall–Kier alpha value is -1.49. The molecule has 1 saturated carbocycles. The van der Waals surface area contributed by atoms with E-state index in [1.54, 1.807) is 0 Å². The lowest BCUT2D eigenvalue weighted by molar-refractivity contribution is 0.296. The standard InChI is InChI=1S/C21H24F2N2.ClH/c22-17-6-1-14(2-7-17)19(15-3-8-18(23)9-4-15)12-25-11-16-5-10-21(24)20(16)13-25;/h1-4,6-9,16,19-21H,5,10-13,24H2;1H. The van der Waals surface area contributed by atoms with Crippen molar-refractivity contribution in [2.75, 3.05) is 19.6 Å². The summed E-state index contributed by atoms with van der Waals surface area (Å²) in [5, 5.41) is 0. The van der Waals surface area contributed by atoms with Gasteiger partial charge in [0.05, 0.1) is 0 Å². The van der Waals surface area contributed by atoms with E-state index in [0.717, 1.165) is 37.2 Å². The number of halogens is 3. The van der Waals surface area contributed by atoms with E-state index >= 15 is 0 Å². The number of rotatable bonds is 4. The first-order valence-corrected chi connectivity index (χ1v) is 9.09. The van der Waals surface area contributed by atoms with Gasteiger partial charge in [0.25, 0.3) is 0 Å². The lowest BCUT2D eigenvalue weighted by Crippen LogP contribution is -2.32. The Balaban J connectivity index is 0.00000196. The normalized spacial score (nSPS) is 25.3. The van der Waals surface area contributed by atoms with Crippen LogP contribution in [-0.2, 0) is 0 Å². The Labute approximate surface area is 159 Å². The van der Waals surface area contributed by atoms with Gasteiger partial charge >= 0.3 is 0 Å². The number of nitrogens with zero attached hydrogens (tertiary/aromatic N) is 1. The number of nitrogens with two attached hydrogens (primary N) is 1. The molecule has 1 aliphatic heterocycles. The van der Waals surface area contributed by atoms with Crippen LogP contribution in [0.1, 0.15) is 29.9 Å². The molecule has 3 unspecified atom stereocenters. The van der Waals surface area contributed by atoms with E-state index in [1.165, 1.54) is 30.7 Å². The molecule has 140 valence electrons. The van der Waals surface area contributed by atoms with Crippen LogP contribution in [0.15, 0.2) is 48.5 Å². The molecule has 0 amide bonds. The lowest BCUT2D eigenvalue weighted by Gasteiger charge is -2.26. The van der Waals surface area contributed by atoms with Gasteiger partial charge in [-0.1, -0.05) is 24.3 Å². The van der Waals surface area contributed by atoms with Gasteiger partial charge in [-0.3, -0.25) is 0 Å². The van der Waals surface area contributed by atoms with E-state index in [2.05, 4.69) is 4.90 Å². The molecule has 3 atom stereocenters. The van der Waals surface area contributed by atoms with E-state index < -0.39 is 0 Å². The van der Waals surface area contributed by atoms with Crippen LogP contribution in [0.3, 0.4) is 0 Å². The summed E-state index contributed by atoms with van der Waals surface area (Å²) >= 11 is 0. The molecule has 0 bridgehead atoms. The summed E-state index contributed by atoms with van der Waals surface area (Å²) in [7, 11) is 0. The van der Waals surface area contributed by atoms with Crippen molar-refractivity contribution in [2.24, 2.45) is 17.6 Å². The minimum Gasteiger partial charge on any atom is -0.327 e. The van der Waals surface area contributed by atoms with Gasteiger partial charge in [-0.05, 0) is 60.1 Å². The van der Waals surface area contributed by atoms with E-state index in [0.29, 0.717) is 17.9 Å². The Morgan fingerprint density at radius 1 is 0.885 bits per heavy atom. The van der Waals surface area contributed by atoms with Crippen molar-refractivity contribution >= 4 is 12.4 Å². The third-order valence-corrected chi connectivity index (χ3v) is 5.97. The smallest absolute Gasteiger partial charge is 0.123 e. The van der Waals surface area contributed by atoms with Gasteiger partial charge in [-0.2, -0.15) is 0 Å². The highest BCUT2D eigenvalue weighted by atomic mass is 35.5. The number of fused-ring (bicyclic) bond motifs is 1. The molecule has 2 fully saturated rings. The summed E-state index contributed by atoms with van der Waals surface area (Å²) in [4.78, 5) is 2.48. The molecule has 1 aliphatic carbocycles. The molecule has 2 aromatic rings. The molecular formula is C21H25ClF2N2. The van der Waals surface area contributed by atoms with E-state index in [4.69, 9.17) is 5.73 Å². The van der Waals surface area contributed by atoms with Crippen LogP contribution in [0.4, 0.5) is 8.78 Å². The third-order valence-electron chi connectivity index (χ3n) is 5.97. The zero-order valence-electron chi connectivity index (χ0n) is 14.7. The zero-order valence-corrected chi connectivity index (χ0v) is 15.5. The van der Waals surface area contributed by atoms with Gasteiger partial charge in [-0.15, -0.1) is 12.4 Å². The second-order valence-corrected chi connectivity index (χ2v) is 7.54. The molecule has 2 aromatic carbocycles. The van der Waals surface area contributed by atoms with E-state index in [-0.39, 0.29) is 30.0 Å². The monoisotopic (exact) mass is 378 g/mol. The molecule has 4 rings (SSSR count). The highest BCUT2D eigenvalue weighted by molar-refractivity contribution is 5.85. The van der Waals surface area contributed by atoms with Gasteiger partial charge in [0.15, 0.2) is 0 Å². The third kappa shape index (κ3) is 3.93. The van der Waals surface area contributed by atoms with Gasteiger partial charge in [0, 0.05) is 31.6 Å². The van der Waals surface area contributed by atoms with Crippen LogP contribution in [-0.4, -0.2) is 30.6 Å². The largest absolute Gasteiger partial charge is 0.327 e. The summed E-state index contributed by atoms with van der Waals surface area (Å²) in [5.41, 5.74) is 8.39. The molecular weight excluding hydrogens is 354 g/mol. The number of hydrogen-bond donors (Lipinski definition) is 1. The van der Waals surface area contributed by atoms with E-state index in [9.17, 15) is 8.78 Å². The summed E-state index contributed by atoms with van der Waals surface area (Å²) in [6.45, 7) is 2.97. The predicted octanol–water partition coefficient (Wildman–Crippen LogP) is 4.19. The van der Waals surface area contributed by atoms with Gasteiger partial charge in [-0.25, -0.2) is 8.78 Å². The highest BCUT2D eigenvalue weighted by Crippen LogP contribution is 2.38. The average Bonchev–Trinajstić information content (AvgIpc) is 3.16. The zero-order chi connectivity index (χ0) is 17.4. The van der Waals surface area contributed by atoms with Crippen molar-refractivity contribution in [3.63, 3.8) is 0 Å². The number of benzene rings is 2. The van der Waals surface area contributed by atoms with Crippen LogP contribution in [0.5, 0.6) is 0 Å². The topological polar surface area (TPSA) is 29.3 Å². The lowest BCUT2D eigenvalue weighted by atomic mass is 9.90. The summed E-state index contributed by atoms with van der Waals surface area (Å²) in [5.74, 6) is 0.946. The Morgan fingerprint density at radius 3 is 1.92 bits per heavy atom. The first-order chi connectivity index (χ1) is 12.1. The molecule has 1 heterocycles. The van der Waals surface area contributed by atoms with Crippen LogP contribution in [0.2, 0.25) is 0 Å². The first-order valence-electron chi connectivity index (χ1n) is 9.09. The number of likely N-dealkylation sites (tertiary alicyclic amines) is 1. The van der Waals surface area contributed by atoms with Crippen molar-refractivity contribution in [3.8, 4) is 0 Å². The molecule has 2 N–H and O–H groups in total. The van der Waals surface area contributed by atoms with Crippen molar-refractivity contribution in [1.29, 1.82) is 0 Å². The maximum atomic E-state index is 13.3. The fraction of sp³-hybridized carbons (Fsp3) is 0.429. The van der Waals surface area contributed by atoms with Crippen molar-refractivity contribution in [1.82, 2.24) is 4.90 Å². The van der Waals surface area contributed by atoms with Gasteiger partial charge in [0.1, 0.15) is 11.6 Å². The minimum absolute atomic E-state index is 0. The molecule has 26 heavy (non-hydrogen) atoms. The summed E-state index contributed by atoms with van der Waals surface area (Å²) in [6, 6.07) is 13.7. The number of hydrogen-bond acceptors (Lipinski definition) is 2. The van der Waals surface area contributed by atoms with Crippen molar-refractivity contribution in [3.05, 3.63) is 71.3 Å². The highest BCUT2D eigenvalue weighted by Gasteiger charge is 2.41. The average molecular weight is 379 g/mol. The summed E-state index contributed by atoms with van der Waals surface area (Å²) in [6.07, 6.45) is 2.36. The Bertz CT molecular complexity index is 674. The van der Waals surface area contributed by atoms with Crippen LogP contribution in [0, 0.1) is 23.5 Å². The fourth-order valence-electron chi connectivity index (χ4n) is 4.60. The Morgan fingerprint density at radius 2 is 1.42 bits per heavy atom. The van der Waals surface area contributed by atoms with Crippen molar-refractivity contribution in [2.45, 2.75) is 24.8 Å². The molecule has 0 spiro atoms. The molecule has 0 aromatic heterocycles. The molecule has 5 heteroatoms. The van der Waals surface area contributed by atoms with Gasteiger partial charge in [0.2, 0.25) is 0 Å². The van der Waals surface area contributed by atoms with Crippen LogP contribution < -0.4 is 5.73 Å². The second kappa shape index (κ2) is 8.03. The minimum atomic E-state index is -0.233. The fourth-order valence-corrected chi connectivity index (χ4v) is 4.60. The van der Waals surface area contributed by atoms with E-state index in [1.807, 2.05) is 24.3 Å². The maximum absolute atomic E-state index is 13.3. The van der Waals surface area contributed by atoms with Crippen molar-refractivity contribution < 1.29 is 8.78 Å². The SMILES string of the molecule is Cl.NC1CCC2CN(CC(c3ccc(F)cc3)c3ccc(F)cc3)CC12. The molecule has 0 radical (unpaired) electrons. The molecule has 2 nitrogen and oxygen atoms in total. The van der Waals surface area contributed by atoms with Gasteiger partial charge < -0.3 is 10.6 Å². The molecule has 2 aliphatic rings. The first kappa shape index (κ1) is 19.3. The maximum Gasteiger partial charge on any atom is 0.123 e. The Kier molecular flexibility index (Phi) is 5.96. The summed E-state index contributed by atoms with van der Waals surface area (Å²) < 4.78 is 26.7. The second-order valence-electron chi connectivity index (χ2n) is 7.54. The van der Waals surface area contributed by atoms with Crippen LogP contribution in [0.25, 0.3) is 0 Å². The molecule has 1 saturated heterocycles.